The quantitative estimate of drug-likeness (QED) is 0.254. The summed E-state index contributed by atoms with van der Waals surface area (Å²) in [7, 11) is 1.46. The number of nitrogens with zero attached hydrogens (tertiary/aromatic N) is 3. The number of hydrogen-bond acceptors (Lipinski definition) is 5. The van der Waals surface area contributed by atoms with E-state index < -0.39 is 19.1 Å². The molecule has 0 spiro atoms. The molecule has 2 amide bonds. The van der Waals surface area contributed by atoms with Crippen molar-refractivity contribution in [3.8, 4) is 0 Å². The lowest BCUT2D eigenvalue weighted by Gasteiger charge is -2.36. The number of amides is 2. The Bertz CT molecular complexity index is 1000. The fourth-order valence-corrected chi connectivity index (χ4v) is 3.92. The number of nitro groups is 1. The van der Waals surface area contributed by atoms with E-state index in [1.165, 1.54) is 16.8 Å². The molecule has 0 atom stereocenters. The van der Waals surface area contributed by atoms with Crippen LogP contribution >= 0.6 is 0 Å². The summed E-state index contributed by atoms with van der Waals surface area (Å²) in [5.74, 6) is -0.754. The van der Waals surface area contributed by atoms with Gasteiger partial charge in [0.2, 0.25) is 0 Å². The van der Waals surface area contributed by atoms with Crippen molar-refractivity contribution >= 4 is 31.5 Å². The maximum Gasteiger partial charge on any atom is 0.287 e. The average molecular weight is 464 g/mol. The molecule has 0 aliphatic carbocycles. The van der Waals surface area contributed by atoms with Crippen LogP contribution in [-0.4, -0.2) is 47.3 Å². The third-order valence-electron chi connectivity index (χ3n) is 5.81. The molecule has 0 bridgehead atoms. The second kappa shape index (κ2) is 9.70. The van der Waals surface area contributed by atoms with Crippen molar-refractivity contribution in [1.29, 1.82) is 0 Å². The van der Waals surface area contributed by atoms with Gasteiger partial charge < -0.3 is 24.2 Å². The molecule has 0 saturated carbocycles. The monoisotopic (exact) mass is 463 g/mol. The van der Waals surface area contributed by atoms with Crippen LogP contribution in [0.25, 0.3) is 0 Å². The smallest absolute Gasteiger partial charge is 0.287 e. The van der Waals surface area contributed by atoms with Gasteiger partial charge in [-0.3, -0.25) is 19.7 Å². The third-order valence-corrected chi connectivity index (χ3v) is 10.3. The third kappa shape index (κ3) is 6.07. The van der Waals surface area contributed by atoms with Crippen LogP contribution in [0.3, 0.4) is 0 Å². The van der Waals surface area contributed by atoms with Gasteiger partial charge in [-0.1, -0.05) is 20.8 Å². The fourth-order valence-electron chi connectivity index (χ4n) is 2.83. The van der Waals surface area contributed by atoms with E-state index in [1.54, 1.807) is 30.9 Å². The van der Waals surface area contributed by atoms with Gasteiger partial charge in [0.1, 0.15) is 11.4 Å². The molecule has 2 rings (SSSR count). The second-order valence-corrected chi connectivity index (χ2v) is 14.2. The lowest BCUT2D eigenvalue weighted by Crippen LogP contribution is -2.41. The molecule has 10 nitrogen and oxygen atoms in total. The first-order valence-electron chi connectivity index (χ1n) is 10.4. The summed E-state index contributed by atoms with van der Waals surface area (Å²) in [4.78, 5) is 35.4. The van der Waals surface area contributed by atoms with Crippen molar-refractivity contribution in [2.75, 3.05) is 18.5 Å². The Balaban J connectivity index is 1.91. The molecule has 2 N–H and O–H groups in total. The van der Waals surface area contributed by atoms with Crippen molar-refractivity contribution in [2.24, 2.45) is 14.1 Å². The molecule has 2 aromatic heterocycles. The number of carbonyl (C=O) groups excluding carboxylic acids is 2. The highest BCUT2D eigenvalue weighted by Crippen LogP contribution is 2.36. The van der Waals surface area contributed by atoms with Gasteiger partial charge >= 0.3 is 0 Å². The molecule has 0 saturated heterocycles. The van der Waals surface area contributed by atoms with E-state index in [-0.39, 0.29) is 22.3 Å². The zero-order valence-corrected chi connectivity index (χ0v) is 20.8. The van der Waals surface area contributed by atoms with Crippen LogP contribution in [0.2, 0.25) is 18.1 Å². The number of rotatable bonds is 9. The van der Waals surface area contributed by atoms with E-state index in [2.05, 4.69) is 44.5 Å². The highest BCUT2D eigenvalue weighted by atomic mass is 28.4. The van der Waals surface area contributed by atoms with Gasteiger partial charge in [-0.2, -0.15) is 0 Å². The first-order chi connectivity index (χ1) is 14.7. The van der Waals surface area contributed by atoms with Crippen LogP contribution in [0.15, 0.2) is 24.5 Å². The van der Waals surface area contributed by atoms with Crippen molar-refractivity contribution in [2.45, 2.75) is 45.3 Å². The van der Waals surface area contributed by atoms with Crippen molar-refractivity contribution in [3.63, 3.8) is 0 Å². The van der Waals surface area contributed by atoms with E-state index in [0.29, 0.717) is 31.0 Å². The van der Waals surface area contributed by atoms with E-state index >= 15 is 0 Å². The van der Waals surface area contributed by atoms with Gasteiger partial charge in [-0.25, -0.2) is 0 Å². The summed E-state index contributed by atoms with van der Waals surface area (Å²) >= 11 is 0. The highest BCUT2D eigenvalue weighted by Gasteiger charge is 2.36. The molecule has 2 aromatic rings. The predicted octanol–water partition coefficient (Wildman–Crippen LogP) is 3.67. The Morgan fingerprint density at radius 2 is 1.69 bits per heavy atom. The zero-order valence-electron chi connectivity index (χ0n) is 19.8. The molecule has 0 unspecified atom stereocenters. The lowest BCUT2D eigenvalue weighted by atomic mass is 10.2. The van der Waals surface area contributed by atoms with Crippen LogP contribution in [0.4, 0.5) is 11.4 Å². The van der Waals surface area contributed by atoms with Crippen LogP contribution in [0, 0.1) is 10.1 Å². The van der Waals surface area contributed by atoms with Crippen LogP contribution in [0.1, 0.15) is 48.2 Å². The normalized spacial score (nSPS) is 12.0. The van der Waals surface area contributed by atoms with Gasteiger partial charge in [0.25, 0.3) is 17.5 Å². The number of anilines is 1. The Morgan fingerprint density at radius 1 is 1.09 bits per heavy atom. The van der Waals surface area contributed by atoms with Crippen molar-refractivity contribution < 1.29 is 18.9 Å². The number of aromatic nitrogens is 2. The summed E-state index contributed by atoms with van der Waals surface area (Å²) in [5, 5.41) is 16.6. The van der Waals surface area contributed by atoms with E-state index in [4.69, 9.17) is 4.43 Å². The summed E-state index contributed by atoms with van der Waals surface area (Å²) in [6.45, 7) is 12.0. The summed E-state index contributed by atoms with van der Waals surface area (Å²) in [5.41, 5.74) is 0.799. The summed E-state index contributed by atoms with van der Waals surface area (Å²) in [6, 6.07) is 2.77. The number of hydrogen-bond donors (Lipinski definition) is 2. The molecule has 0 aliphatic heterocycles. The number of nitrogens with one attached hydrogen (secondary N) is 2. The van der Waals surface area contributed by atoms with E-state index in [9.17, 15) is 19.7 Å². The van der Waals surface area contributed by atoms with Crippen molar-refractivity contribution in [1.82, 2.24) is 14.5 Å². The molecule has 11 heteroatoms. The average Bonchev–Trinajstić information content (AvgIpc) is 3.23. The Labute approximate surface area is 189 Å². The van der Waals surface area contributed by atoms with Gasteiger partial charge in [-0.15, -0.1) is 0 Å². The van der Waals surface area contributed by atoms with E-state index in [0.717, 1.165) is 0 Å². The number of aryl methyl sites for hydroxylation is 2. The Hall–Kier alpha value is -2.92. The molecule has 0 radical (unpaired) electrons. The standard InChI is InChI=1S/C21H33N5O5Si/c1-21(2,3)32(6,7)31-10-8-9-22-19(27)17-11-15(13-24(17)4)23-20(28)18-12-16(26(29)30)14-25(18)5/h11-14H,8-10H2,1-7H3,(H,22,27)(H,23,28). The molecular formula is C21H33N5O5Si. The molecule has 0 aromatic carbocycles. The molecule has 2 heterocycles. The van der Waals surface area contributed by atoms with Crippen molar-refractivity contribution in [3.05, 3.63) is 46.0 Å². The number of carbonyl (C=O) groups is 2. The minimum atomic E-state index is -1.80. The minimum Gasteiger partial charge on any atom is -0.417 e. The maximum atomic E-state index is 12.5. The molecule has 0 aliphatic rings. The second-order valence-electron chi connectivity index (χ2n) is 9.35. The van der Waals surface area contributed by atoms with E-state index in [1.807, 2.05) is 0 Å². The van der Waals surface area contributed by atoms with Crippen LogP contribution < -0.4 is 10.6 Å². The Kier molecular flexibility index (Phi) is 7.68. The lowest BCUT2D eigenvalue weighted by molar-refractivity contribution is -0.384. The summed E-state index contributed by atoms with van der Waals surface area (Å²) < 4.78 is 9.11. The topological polar surface area (TPSA) is 120 Å². The minimum absolute atomic E-state index is 0.143. The summed E-state index contributed by atoms with van der Waals surface area (Å²) in [6.07, 6.45) is 3.59. The van der Waals surface area contributed by atoms with Crippen LogP contribution in [0.5, 0.6) is 0 Å². The zero-order chi connectivity index (χ0) is 24.3. The highest BCUT2D eigenvalue weighted by molar-refractivity contribution is 6.74. The molecule has 176 valence electrons. The van der Waals surface area contributed by atoms with Gasteiger partial charge in [0.15, 0.2) is 8.32 Å². The van der Waals surface area contributed by atoms with Gasteiger partial charge in [0, 0.05) is 39.5 Å². The molecule has 32 heavy (non-hydrogen) atoms. The first-order valence-corrected chi connectivity index (χ1v) is 13.3. The van der Waals surface area contributed by atoms with Crippen LogP contribution in [-0.2, 0) is 18.5 Å². The van der Waals surface area contributed by atoms with Gasteiger partial charge in [0.05, 0.1) is 16.8 Å². The molecule has 0 fully saturated rings. The predicted molar refractivity (Wildman–Crippen MR) is 126 cm³/mol. The first kappa shape index (κ1) is 25.3. The maximum absolute atomic E-state index is 12.5. The Morgan fingerprint density at radius 3 is 2.25 bits per heavy atom. The largest absolute Gasteiger partial charge is 0.417 e. The SMILES string of the molecule is Cn1cc(NC(=O)c2cc([N+](=O)[O-])cn2C)cc1C(=O)NCCCO[Si](C)(C)C(C)(C)C. The van der Waals surface area contributed by atoms with Gasteiger partial charge in [-0.05, 0) is 30.6 Å². The molecular weight excluding hydrogens is 430 g/mol. The fraction of sp³-hybridized carbons (Fsp3) is 0.524.